The molecule has 3 aromatic heterocycles. The maximum Gasteiger partial charge on any atom is 0.166 e. The first-order valence-corrected chi connectivity index (χ1v) is 10.6. The minimum atomic E-state index is -0.379. The number of pyridine rings is 1. The van der Waals surface area contributed by atoms with Crippen molar-refractivity contribution < 1.29 is 14.6 Å². The van der Waals surface area contributed by atoms with E-state index in [4.69, 9.17) is 25.5 Å². The van der Waals surface area contributed by atoms with Gasteiger partial charge in [-0.15, -0.1) is 0 Å². The number of ketones is 1. The quantitative estimate of drug-likeness (QED) is 0.488. The Bertz CT molecular complexity index is 1030. The molecule has 1 saturated heterocycles. The molecule has 10 heteroatoms. The number of Topliss-reactive ketones (excluding diaryl/α,β-unsaturated/α-hetero) is 1. The molecule has 0 spiro atoms. The SMILES string of the molecule is Nc1ccc(-c2nc(N3CCOCC3)c3ncn(CCCCCC(=O)CO)c3n2)cn1. The van der Waals surface area contributed by atoms with Gasteiger partial charge in [0.05, 0.1) is 19.5 Å². The third-order valence-electron chi connectivity index (χ3n) is 5.33. The Balaban J connectivity index is 1.61. The van der Waals surface area contributed by atoms with Crippen molar-refractivity contribution in [1.82, 2.24) is 24.5 Å². The van der Waals surface area contributed by atoms with Crippen molar-refractivity contribution in [2.75, 3.05) is 43.5 Å². The summed E-state index contributed by atoms with van der Waals surface area (Å²) < 4.78 is 7.52. The largest absolute Gasteiger partial charge is 0.389 e. The summed E-state index contributed by atoms with van der Waals surface area (Å²) in [6.45, 7) is 3.16. The Morgan fingerprint density at radius 3 is 2.71 bits per heavy atom. The molecule has 3 aromatic rings. The molecule has 10 nitrogen and oxygen atoms in total. The van der Waals surface area contributed by atoms with E-state index in [1.165, 1.54) is 0 Å². The summed E-state index contributed by atoms with van der Waals surface area (Å²) in [6.07, 6.45) is 6.44. The minimum absolute atomic E-state index is 0.113. The highest BCUT2D eigenvalue weighted by Gasteiger charge is 2.21. The third-order valence-corrected chi connectivity index (χ3v) is 5.33. The van der Waals surface area contributed by atoms with Crippen molar-refractivity contribution in [1.29, 1.82) is 0 Å². The first kappa shape index (κ1) is 21.1. The lowest BCUT2D eigenvalue weighted by Crippen LogP contribution is -2.37. The molecule has 1 aliphatic heterocycles. The number of hydrogen-bond acceptors (Lipinski definition) is 9. The van der Waals surface area contributed by atoms with Crippen LogP contribution in [0.1, 0.15) is 25.7 Å². The number of fused-ring (bicyclic) bond motifs is 1. The predicted molar refractivity (Wildman–Crippen MR) is 117 cm³/mol. The molecule has 0 aliphatic carbocycles. The molecule has 164 valence electrons. The highest BCUT2D eigenvalue weighted by Crippen LogP contribution is 2.27. The van der Waals surface area contributed by atoms with Gasteiger partial charge in [0.1, 0.15) is 12.4 Å². The van der Waals surface area contributed by atoms with Crippen molar-refractivity contribution >= 4 is 28.6 Å². The van der Waals surface area contributed by atoms with Crippen molar-refractivity contribution in [2.24, 2.45) is 0 Å². The molecule has 1 aliphatic rings. The highest BCUT2D eigenvalue weighted by molar-refractivity contribution is 5.85. The smallest absolute Gasteiger partial charge is 0.166 e. The summed E-state index contributed by atoms with van der Waals surface area (Å²) in [5.41, 5.74) is 8.07. The summed E-state index contributed by atoms with van der Waals surface area (Å²) in [7, 11) is 0. The Hall–Kier alpha value is -3.11. The van der Waals surface area contributed by atoms with Crippen LogP contribution in [0.2, 0.25) is 0 Å². The van der Waals surface area contributed by atoms with E-state index in [9.17, 15) is 4.79 Å². The van der Waals surface area contributed by atoms with E-state index in [0.717, 1.165) is 61.4 Å². The number of nitrogens with two attached hydrogens (primary N) is 1. The Labute approximate surface area is 180 Å². The number of carbonyl (C=O) groups excluding carboxylic acids is 1. The zero-order valence-corrected chi connectivity index (χ0v) is 17.4. The summed E-state index contributed by atoms with van der Waals surface area (Å²) in [6, 6.07) is 3.60. The molecule has 0 aromatic carbocycles. The van der Waals surface area contributed by atoms with E-state index in [1.807, 2.05) is 10.6 Å². The van der Waals surface area contributed by atoms with Gasteiger partial charge in [-0.1, -0.05) is 6.42 Å². The molecule has 0 saturated carbocycles. The number of rotatable bonds is 9. The lowest BCUT2D eigenvalue weighted by molar-refractivity contribution is -0.121. The van der Waals surface area contributed by atoms with E-state index in [-0.39, 0.29) is 12.4 Å². The topological polar surface area (TPSA) is 132 Å². The van der Waals surface area contributed by atoms with Crippen LogP contribution in [0.4, 0.5) is 11.6 Å². The molecule has 0 radical (unpaired) electrons. The number of aliphatic hydroxyl groups excluding tert-OH is 1. The lowest BCUT2D eigenvalue weighted by atomic mass is 10.1. The van der Waals surface area contributed by atoms with Crippen LogP contribution in [-0.4, -0.2) is 68.3 Å². The van der Waals surface area contributed by atoms with Crippen LogP contribution in [0, 0.1) is 0 Å². The van der Waals surface area contributed by atoms with Crippen molar-refractivity contribution in [2.45, 2.75) is 32.2 Å². The van der Waals surface area contributed by atoms with Crippen LogP contribution in [0.15, 0.2) is 24.7 Å². The monoisotopic (exact) mass is 425 g/mol. The number of carbonyl (C=O) groups is 1. The van der Waals surface area contributed by atoms with Crippen LogP contribution in [-0.2, 0) is 16.1 Å². The number of aryl methyl sites for hydroxylation is 1. The second-order valence-corrected chi connectivity index (χ2v) is 7.56. The fraction of sp³-hybridized carbons (Fsp3) is 0.476. The summed E-state index contributed by atoms with van der Waals surface area (Å²) in [4.78, 5) is 31.8. The van der Waals surface area contributed by atoms with E-state index < -0.39 is 0 Å². The minimum Gasteiger partial charge on any atom is -0.389 e. The number of imidazole rings is 1. The molecule has 31 heavy (non-hydrogen) atoms. The maximum absolute atomic E-state index is 11.3. The van der Waals surface area contributed by atoms with Gasteiger partial charge in [0, 0.05) is 37.8 Å². The second kappa shape index (κ2) is 9.80. The van der Waals surface area contributed by atoms with E-state index in [1.54, 1.807) is 18.6 Å². The molecule has 0 amide bonds. The summed E-state index contributed by atoms with van der Waals surface area (Å²) >= 11 is 0. The molecule has 0 atom stereocenters. The molecule has 0 bridgehead atoms. The van der Waals surface area contributed by atoms with Crippen LogP contribution in [0.3, 0.4) is 0 Å². The first-order valence-electron chi connectivity index (χ1n) is 10.6. The summed E-state index contributed by atoms with van der Waals surface area (Å²) in [5.74, 6) is 1.71. The van der Waals surface area contributed by atoms with Gasteiger partial charge in [-0.2, -0.15) is 0 Å². The predicted octanol–water partition coefficient (Wildman–Crippen LogP) is 1.43. The molecule has 4 heterocycles. The van der Waals surface area contributed by atoms with Gasteiger partial charge in [0.2, 0.25) is 0 Å². The number of ether oxygens (including phenoxy) is 1. The Kier molecular flexibility index (Phi) is 6.68. The standard InChI is InChI=1S/C21H27N7O3/c22-17-6-5-15(12-23-17)19-25-20(27-8-10-31-11-9-27)18-21(26-19)28(14-24-18)7-3-1-2-4-16(30)13-29/h5-6,12,14,29H,1-4,7-11,13H2,(H2,22,23). The fourth-order valence-electron chi connectivity index (χ4n) is 3.62. The number of anilines is 2. The van der Waals surface area contributed by atoms with Crippen molar-refractivity contribution in [3.63, 3.8) is 0 Å². The van der Waals surface area contributed by atoms with Crippen molar-refractivity contribution in [3.05, 3.63) is 24.7 Å². The Morgan fingerprint density at radius 1 is 1.13 bits per heavy atom. The van der Waals surface area contributed by atoms with E-state index in [2.05, 4.69) is 14.9 Å². The maximum atomic E-state index is 11.3. The average molecular weight is 425 g/mol. The van der Waals surface area contributed by atoms with Gasteiger partial charge >= 0.3 is 0 Å². The van der Waals surface area contributed by atoms with Crippen LogP contribution in [0.25, 0.3) is 22.6 Å². The van der Waals surface area contributed by atoms with Crippen molar-refractivity contribution in [3.8, 4) is 11.4 Å². The highest BCUT2D eigenvalue weighted by atomic mass is 16.5. The second-order valence-electron chi connectivity index (χ2n) is 7.56. The first-order chi connectivity index (χ1) is 15.2. The number of nitrogens with zero attached hydrogens (tertiary/aromatic N) is 6. The zero-order valence-electron chi connectivity index (χ0n) is 17.4. The number of hydrogen-bond donors (Lipinski definition) is 2. The number of unbranched alkanes of at least 4 members (excludes halogenated alkanes) is 2. The number of nitrogen functional groups attached to an aromatic ring is 1. The van der Waals surface area contributed by atoms with E-state index >= 15 is 0 Å². The molecule has 0 unspecified atom stereocenters. The van der Waals surface area contributed by atoms with Gasteiger partial charge in [0.15, 0.2) is 28.6 Å². The summed E-state index contributed by atoms with van der Waals surface area (Å²) in [5, 5.41) is 8.83. The molecule has 3 N–H and O–H groups in total. The lowest BCUT2D eigenvalue weighted by Gasteiger charge is -2.28. The number of aromatic nitrogens is 5. The van der Waals surface area contributed by atoms with Crippen LogP contribution in [0.5, 0.6) is 0 Å². The van der Waals surface area contributed by atoms with Gasteiger partial charge in [-0.05, 0) is 25.0 Å². The van der Waals surface area contributed by atoms with Gasteiger partial charge in [-0.25, -0.2) is 19.9 Å². The molecular weight excluding hydrogens is 398 g/mol. The molecular formula is C21H27N7O3. The van der Waals surface area contributed by atoms with Crippen LogP contribution < -0.4 is 10.6 Å². The average Bonchev–Trinajstić information content (AvgIpc) is 3.22. The van der Waals surface area contributed by atoms with Gasteiger partial charge < -0.3 is 25.0 Å². The fourth-order valence-corrected chi connectivity index (χ4v) is 3.62. The third kappa shape index (κ3) is 4.97. The number of aliphatic hydroxyl groups is 1. The molecule has 1 fully saturated rings. The number of morpholine rings is 1. The van der Waals surface area contributed by atoms with E-state index in [0.29, 0.717) is 31.3 Å². The normalized spacial score (nSPS) is 14.3. The Morgan fingerprint density at radius 2 is 1.97 bits per heavy atom. The van der Waals surface area contributed by atoms with Gasteiger partial charge in [-0.3, -0.25) is 4.79 Å². The van der Waals surface area contributed by atoms with Crippen LogP contribution >= 0.6 is 0 Å². The molecule has 4 rings (SSSR count). The van der Waals surface area contributed by atoms with Gasteiger partial charge in [0.25, 0.3) is 0 Å². The zero-order chi connectivity index (χ0) is 21.6.